The topological polar surface area (TPSA) is 95.1 Å². The second-order valence-electron chi connectivity index (χ2n) is 6.76. The third-order valence-electron chi connectivity index (χ3n) is 4.60. The van der Waals surface area contributed by atoms with E-state index in [1.54, 1.807) is 36.7 Å². The Morgan fingerprint density at radius 1 is 1.07 bits per heavy atom. The van der Waals surface area contributed by atoms with E-state index in [4.69, 9.17) is 9.52 Å². The summed E-state index contributed by atoms with van der Waals surface area (Å²) < 4.78 is 5.60. The molecule has 0 unspecified atom stereocenters. The number of rotatable bonds is 6. The summed E-state index contributed by atoms with van der Waals surface area (Å²) in [5, 5.41) is 11.8. The molecule has 0 bridgehead atoms. The van der Waals surface area contributed by atoms with E-state index in [1.165, 1.54) is 0 Å². The van der Waals surface area contributed by atoms with Gasteiger partial charge in [-0.05, 0) is 29.3 Å². The maximum Gasteiger partial charge on any atom is 0.335 e. The molecule has 0 saturated heterocycles. The fourth-order valence-electron chi connectivity index (χ4n) is 3.10. The second kappa shape index (κ2) is 8.02. The number of carboxylic acids is 1. The van der Waals surface area contributed by atoms with E-state index >= 15 is 0 Å². The Balaban J connectivity index is 1.38. The number of carbonyl (C=O) groups excluding carboxylic acids is 1. The van der Waals surface area contributed by atoms with Crippen LogP contribution in [0.25, 0.3) is 0 Å². The number of nitrogens with one attached hydrogen (secondary N) is 1. The summed E-state index contributed by atoms with van der Waals surface area (Å²) in [5.74, 6) is -0.561. The van der Waals surface area contributed by atoms with Crippen molar-refractivity contribution < 1.29 is 19.1 Å². The standard InChI is InChI=1S/C22H19N3O4/c26-20(23-11-15-4-2-1-3-5-15)19-10-18-13-25(14-24-21(18)29-19)12-16-6-8-17(9-7-16)22(27)28/h1-10,14H,11-13H2,(H,23,26)(H,27,28). The molecule has 0 radical (unpaired) electrons. The molecule has 0 atom stereocenters. The van der Waals surface area contributed by atoms with Crippen LogP contribution in [0.3, 0.4) is 0 Å². The first kappa shape index (κ1) is 18.5. The lowest BCUT2D eigenvalue weighted by atomic mass is 10.1. The molecule has 29 heavy (non-hydrogen) atoms. The van der Waals surface area contributed by atoms with Gasteiger partial charge in [-0.1, -0.05) is 42.5 Å². The van der Waals surface area contributed by atoms with Gasteiger partial charge in [0.2, 0.25) is 5.88 Å². The molecule has 1 amide bonds. The van der Waals surface area contributed by atoms with E-state index in [9.17, 15) is 9.59 Å². The van der Waals surface area contributed by atoms with Gasteiger partial charge < -0.3 is 19.7 Å². The van der Waals surface area contributed by atoms with Crippen LogP contribution in [0.15, 0.2) is 70.1 Å². The first-order chi connectivity index (χ1) is 14.1. The highest BCUT2D eigenvalue weighted by atomic mass is 16.4. The maximum absolute atomic E-state index is 12.4. The maximum atomic E-state index is 12.4. The van der Waals surface area contributed by atoms with Gasteiger partial charge in [0.15, 0.2) is 5.76 Å². The van der Waals surface area contributed by atoms with Crippen molar-refractivity contribution in [2.75, 3.05) is 0 Å². The summed E-state index contributed by atoms with van der Waals surface area (Å²) in [5.41, 5.74) is 3.06. The number of amides is 1. The lowest BCUT2D eigenvalue weighted by molar-refractivity contribution is 0.0696. The van der Waals surface area contributed by atoms with Gasteiger partial charge >= 0.3 is 5.97 Å². The van der Waals surface area contributed by atoms with Gasteiger partial charge in [0, 0.05) is 25.2 Å². The van der Waals surface area contributed by atoms with Crippen molar-refractivity contribution in [2.24, 2.45) is 4.99 Å². The minimum absolute atomic E-state index is 0.232. The minimum Gasteiger partial charge on any atom is -0.478 e. The van der Waals surface area contributed by atoms with Gasteiger partial charge in [-0.3, -0.25) is 4.79 Å². The summed E-state index contributed by atoms with van der Waals surface area (Å²) in [6.07, 6.45) is 1.67. The predicted molar refractivity (Wildman–Crippen MR) is 107 cm³/mol. The Labute approximate surface area is 167 Å². The van der Waals surface area contributed by atoms with Crippen molar-refractivity contribution in [3.8, 4) is 0 Å². The third kappa shape index (κ3) is 4.35. The zero-order chi connectivity index (χ0) is 20.2. The lowest BCUT2D eigenvalue weighted by Gasteiger charge is -2.21. The Kier molecular flexibility index (Phi) is 5.11. The minimum atomic E-state index is -0.947. The number of fused-ring (bicyclic) bond motifs is 1. The molecule has 2 N–H and O–H groups in total. The third-order valence-corrected chi connectivity index (χ3v) is 4.60. The zero-order valence-electron chi connectivity index (χ0n) is 15.5. The van der Waals surface area contributed by atoms with Gasteiger partial charge in [0.05, 0.1) is 11.9 Å². The van der Waals surface area contributed by atoms with Crippen LogP contribution >= 0.6 is 0 Å². The molecule has 7 heteroatoms. The summed E-state index contributed by atoms with van der Waals surface area (Å²) >= 11 is 0. The van der Waals surface area contributed by atoms with E-state index in [0.717, 1.165) is 16.7 Å². The number of benzene rings is 2. The molecule has 2 heterocycles. The number of nitrogens with zero attached hydrogens (tertiary/aromatic N) is 2. The number of aliphatic imine (C=N–C) groups is 1. The molecule has 1 aliphatic heterocycles. The Morgan fingerprint density at radius 2 is 1.83 bits per heavy atom. The smallest absolute Gasteiger partial charge is 0.335 e. The lowest BCUT2D eigenvalue weighted by Crippen LogP contribution is -2.23. The monoisotopic (exact) mass is 389 g/mol. The largest absolute Gasteiger partial charge is 0.478 e. The van der Waals surface area contributed by atoms with Crippen molar-refractivity contribution in [1.82, 2.24) is 10.2 Å². The summed E-state index contributed by atoms with van der Waals surface area (Å²) in [4.78, 5) is 29.6. The predicted octanol–water partition coefficient (Wildman–Crippen LogP) is 3.58. The highest BCUT2D eigenvalue weighted by Crippen LogP contribution is 2.28. The highest BCUT2D eigenvalue weighted by Gasteiger charge is 2.20. The average molecular weight is 389 g/mol. The number of hydrogen-bond donors (Lipinski definition) is 2. The van der Waals surface area contributed by atoms with Crippen LogP contribution in [0, 0.1) is 0 Å². The van der Waals surface area contributed by atoms with Crippen LogP contribution in [-0.2, 0) is 19.6 Å². The number of furan rings is 1. The van der Waals surface area contributed by atoms with E-state index in [1.807, 2.05) is 35.2 Å². The van der Waals surface area contributed by atoms with Crippen LogP contribution in [0.2, 0.25) is 0 Å². The van der Waals surface area contributed by atoms with Crippen molar-refractivity contribution in [1.29, 1.82) is 0 Å². The molecule has 4 rings (SSSR count). The fraction of sp³-hybridized carbons (Fsp3) is 0.136. The van der Waals surface area contributed by atoms with E-state index < -0.39 is 5.97 Å². The molecule has 0 saturated carbocycles. The molecule has 1 aromatic heterocycles. The van der Waals surface area contributed by atoms with E-state index in [2.05, 4.69) is 10.3 Å². The van der Waals surface area contributed by atoms with Crippen LogP contribution in [-0.4, -0.2) is 28.2 Å². The van der Waals surface area contributed by atoms with Gasteiger partial charge in [-0.2, -0.15) is 0 Å². The number of carboxylic acid groups (broad SMARTS) is 1. The van der Waals surface area contributed by atoms with E-state index in [0.29, 0.717) is 25.5 Å². The van der Waals surface area contributed by atoms with Crippen molar-refractivity contribution >= 4 is 24.1 Å². The molecule has 7 nitrogen and oxygen atoms in total. The summed E-state index contributed by atoms with van der Waals surface area (Å²) in [6, 6.07) is 18.1. The number of aromatic carboxylic acids is 1. The van der Waals surface area contributed by atoms with Crippen LogP contribution in [0.1, 0.15) is 37.6 Å². The first-order valence-corrected chi connectivity index (χ1v) is 9.14. The quantitative estimate of drug-likeness (QED) is 0.672. The Hall–Kier alpha value is -3.87. The molecule has 3 aromatic rings. The molecule has 0 fully saturated rings. The molecule has 0 aliphatic carbocycles. The van der Waals surface area contributed by atoms with Crippen LogP contribution < -0.4 is 5.32 Å². The highest BCUT2D eigenvalue weighted by molar-refractivity contribution is 5.92. The number of hydrogen-bond acceptors (Lipinski definition) is 5. The molecule has 146 valence electrons. The van der Waals surface area contributed by atoms with Gasteiger partial charge in [-0.15, -0.1) is 0 Å². The summed E-state index contributed by atoms with van der Waals surface area (Å²) in [6.45, 7) is 1.55. The zero-order valence-corrected chi connectivity index (χ0v) is 15.5. The van der Waals surface area contributed by atoms with Crippen molar-refractivity contribution in [3.05, 3.63) is 88.7 Å². The Bertz CT molecular complexity index is 1060. The van der Waals surface area contributed by atoms with E-state index in [-0.39, 0.29) is 17.2 Å². The fourth-order valence-corrected chi connectivity index (χ4v) is 3.10. The Morgan fingerprint density at radius 3 is 2.55 bits per heavy atom. The number of carbonyl (C=O) groups is 2. The van der Waals surface area contributed by atoms with Crippen molar-refractivity contribution in [3.63, 3.8) is 0 Å². The average Bonchev–Trinajstić information content (AvgIpc) is 3.17. The molecule has 2 aromatic carbocycles. The van der Waals surface area contributed by atoms with Gasteiger partial charge in [0.1, 0.15) is 0 Å². The van der Waals surface area contributed by atoms with Crippen LogP contribution in [0.4, 0.5) is 5.88 Å². The molecule has 1 aliphatic rings. The van der Waals surface area contributed by atoms with Gasteiger partial charge in [-0.25, -0.2) is 9.79 Å². The molecular formula is C22H19N3O4. The summed E-state index contributed by atoms with van der Waals surface area (Å²) in [7, 11) is 0. The molecular weight excluding hydrogens is 370 g/mol. The van der Waals surface area contributed by atoms with Crippen molar-refractivity contribution in [2.45, 2.75) is 19.6 Å². The first-order valence-electron chi connectivity index (χ1n) is 9.14. The SMILES string of the molecule is O=C(O)c1ccc(CN2C=Nc3oc(C(=O)NCc4ccccc4)cc3C2)cc1. The van der Waals surface area contributed by atoms with Gasteiger partial charge in [0.25, 0.3) is 5.91 Å². The van der Waals surface area contributed by atoms with Crippen LogP contribution in [0.5, 0.6) is 0 Å². The second-order valence-corrected chi connectivity index (χ2v) is 6.76. The molecule has 0 spiro atoms. The normalized spacial score (nSPS) is 12.5.